The number of rotatable bonds is 8. The first-order valence-corrected chi connectivity index (χ1v) is 22.0. The number of methoxy groups -OCH3 is 2. The van der Waals surface area contributed by atoms with E-state index in [0.29, 0.717) is 105 Å². The molecular formula is C46H40N8O6S2. The summed E-state index contributed by atoms with van der Waals surface area (Å²) >= 11 is 2.49. The van der Waals surface area contributed by atoms with Gasteiger partial charge in [0.25, 0.3) is 17.0 Å². The molecule has 14 nitrogen and oxygen atoms in total. The average molecular weight is 865 g/mol. The first-order chi connectivity index (χ1) is 30.3. The molecule has 8 aromatic rings. The molecule has 10 rings (SSSR count). The van der Waals surface area contributed by atoms with Gasteiger partial charge in [-0.25, -0.2) is 9.97 Å². The number of benzene rings is 2. The zero-order valence-corrected chi connectivity index (χ0v) is 35.4. The zero-order valence-electron chi connectivity index (χ0n) is 33.8. The van der Waals surface area contributed by atoms with E-state index >= 15 is 0 Å². The molecule has 3 N–H and O–H groups in total. The van der Waals surface area contributed by atoms with Gasteiger partial charge in [-0.15, -0.1) is 22.7 Å². The molecule has 0 saturated heterocycles. The molecule has 1 atom stereocenters. The predicted molar refractivity (Wildman–Crippen MR) is 239 cm³/mol. The number of pyridine rings is 2. The van der Waals surface area contributed by atoms with Crippen molar-refractivity contribution in [1.82, 2.24) is 39.7 Å². The van der Waals surface area contributed by atoms with Crippen LogP contribution in [0.5, 0.6) is 11.5 Å². The molecular weight excluding hydrogens is 825 g/mol. The molecule has 0 bridgehead atoms. The van der Waals surface area contributed by atoms with Crippen molar-refractivity contribution < 1.29 is 19.4 Å². The Morgan fingerprint density at radius 2 is 1.32 bits per heavy atom. The van der Waals surface area contributed by atoms with Crippen LogP contribution in [0.2, 0.25) is 0 Å². The molecule has 62 heavy (non-hydrogen) atoms. The number of hydrogen-bond acceptors (Lipinski definition) is 13. The summed E-state index contributed by atoms with van der Waals surface area (Å²) in [6.45, 7) is 2.27. The van der Waals surface area contributed by atoms with E-state index < -0.39 is 6.23 Å². The monoisotopic (exact) mass is 864 g/mol. The number of fused-ring (bicyclic) bond motifs is 4. The van der Waals surface area contributed by atoms with Crippen LogP contribution in [-0.2, 0) is 25.7 Å². The highest BCUT2D eigenvalue weighted by Gasteiger charge is 2.28. The smallest absolute Gasteiger partial charge is 0.269 e. The van der Waals surface area contributed by atoms with Gasteiger partial charge in [0.2, 0.25) is 0 Å². The third-order valence-corrected chi connectivity index (χ3v) is 13.8. The van der Waals surface area contributed by atoms with Gasteiger partial charge in [0, 0.05) is 60.5 Å². The Balaban J connectivity index is 0.848. The fourth-order valence-corrected chi connectivity index (χ4v) is 10.2. The quantitative estimate of drug-likeness (QED) is 0.153. The lowest BCUT2D eigenvalue weighted by atomic mass is 9.97. The first-order valence-electron chi connectivity index (χ1n) is 20.2. The SMILES string of the molecule is COc1cc2c(cc1OC)CCN(C(O)c1csc3c(=O)[nH]c(-c4ccc(-c5ccc6c(c5)CCN(C(=O)c5csc7c(=O)[nH]c(-c8ccccn8)nc57)CC6)cn4)nc13)CC2. The number of thiophene rings is 2. The standard InChI is InChI=1S/C46H40N8O6S2/c1-59-35-20-28-12-17-54(18-13-29(28)21-36(35)60-2)46(58)32-24-62-40-38(32)50-42(52-44(40)56)34-9-8-30(22-48-34)26-7-6-25-10-15-53(16-11-27(25)19-26)45(57)31-23-61-39-37(31)49-41(51-43(39)55)33-5-3-4-14-47-33/h3-9,14,19-24,46,58H,10-13,15-18H2,1-2H3,(H,49,51,55)(H,50,52,56). The Morgan fingerprint density at radius 3 is 1.98 bits per heavy atom. The molecule has 0 saturated carbocycles. The third-order valence-electron chi connectivity index (χ3n) is 11.8. The summed E-state index contributed by atoms with van der Waals surface area (Å²) in [7, 11) is 3.25. The molecule has 2 aromatic carbocycles. The molecule has 6 aromatic heterocycles. The Hall–Kier alpha value is -6.59. The van der Waals surface area contributed by atoms with Gasteiger partial charge >= 0.3 is 0 Å². The van der Waals surface area contributed by atoms with Gasteiger partial charge in [0.05, 0.1) is 25.3 Å². The fourth-order valence-electron chi connectivity index (χ4n) is 8.45. The van der Waals surface area contributed by atoms with Crippen LogP contribution in [-0.4, -0.2) is 91.1 Å². The van der Waals surface area contributed by atoms with Crippen LogP contribution in [0.1, 0.15) is 44.4 Å². The lowest BCUT2D eigenvalue weighted by Crippen LogP contribution is -2.33. The van der Waals surface area contributed by atoms with Crippen LogP contribution in [0.15, 0.2) is 93.4 Å². The Morgan fingerprint density at radius 1 is 0.710 bits per heavy atom. The molecule has 16 heteroatoms. The van der Waals surface area contributed by atoms with Crippen molar-refractivity contribution in [3.8, 4) is 45.7 Å². The van der Waals surface area contributed by atoms with Crippen molar-refractivity contribution in [1.29, 1.82) is 0 Å². The number of aliphatic hydroxyl groups is 1. The number of carbonyl (C=O) groups excluding carboxylic acids is 1. The second-order valence-corrected chi connectivity index (χ2v) is 17.1. The van der Waals surface area contributed by atoms with Crippen LogP contribution in [0, 0.1) is 0 Å². The summed E-state index contributed by atoms with van der Waals surface area (Å²) in [6, 6.07) is 19.5. The van der Waals surface area contributed by atoms with E-state index in [0.717, 1.165) is 40.7 Å². The van der Waals surface area contributed by atoms with Gasteiger partial charge in [-0.1, -0.05) is 30.3 Å². The summed E-state index contributed by atoms with van der Waals surface area (Å²) in [5.41, 5.74) is 8.80. The van der Waals surface area contributed by atoms with Crippen molar-refractivity contribution in [2.45, 2.75) is 31.9 Å². The topological polar surface area (TPSA) is 180 Å². The molecule has 1 unspecified atom stereocenters. The lowest BCUT2D eigenvalue weighted by molar-refractivity contribution is 0.00590. The summed E-state index contributed by atoms with van der Waals surface area (Å²) in [6.07, 6.45) is 5.23. The van der Waals surface area contributed by atoms with Gasteiger partial charge in [0.1, 0.15) is 32.5 Å². The zero-order chi connectivity index (χ0) is 42.5. The third kappa shape index (κ3) is 7.23. The molecule has 0 aliphatic carbocycles. The van der Waals surface area contributed by atoms with E-state index in [1.807, 2.05) is 45.5 Å². The van der Waals surface area contributed by atoms with E-state index in [1.165, 1.54) is 28.2 Å². The van der Waals surface area contributed by atoms with Gasteiger partial charge in [0.15, 0.2) is 23.1 Å². The van der Waals surface area contributed by atoms with Crippen molar-refractivity contribution in [2.75, 3.05) is 40.4 Å². The summed E-state index contributed by atoms with van der Waals surface area (Å²) in [5, 5.41) is 15.3. The van der Waals surface area contributed by atoms with Crippen molar-refractivity contribution in [2.24, 2.45) is 0 Å². The number of amides is 1. The number of carbonyl (C=O) groups is 1. The minimum Gasteiger partial charge on any atom is -0.493 e. The summed E-state index contributed by atoms with van der Waals surface area (Å²) < 4.78 is 11.9. The van der Waals surface area contributed by atoms with E-state index in [9.17, 15) is 19.5 Å². The molecule has 312 valence electrons. The van der Waals surface area contributed by atoms with E-state index in [2.05, 4.69) is 38.1 Å². The van der Waals surface area contributed by atoms with Gasteiger partial charge in [-0.2, -0.15) is 0 Å². The number of aromatic amines is 2. The highest BCUT2D eigenvalue weighted by molar-refractivity contribution is 7.17. The van der Waals surface area contributed by atoms with E-state index in [-0.39, 0.29) is 17.0 Å². The molecule has 2 aliphatic rings. The molecule has 0 fully saturated rings. The minimum absolute atomic E-state index is 0.154. The molecule has 8 heterocycles. The number of hydrogen-bond donors (Lipinski definition) is 3. The highest BCUT2D eigenvalue weighted by atomic mass is 32.1. The lowest BCUT2D eigenvalue weighted by Gasteiger charge is -2.25. The predicted octanol–water partition coefficient (Wildman–Crippen LogP) is 6.42. The molecule has 0 spiro atoms. The van der Waals surface area contributed by atoms with Crippen LogP contribution in [0.4, 0.5) is 0 Å². The summed E-state index contributed by atoms with van der Waals surface area (Å²) in [5.74, 6) is 1.86. The van der Waals surface area contributed by atoms with Crippen LogP contribution in [0.25, 0.3) is 54.6 Å². The number of aliphatic hydroxyl groups excluding tert-OH is 1. The van der Waals surface area contributed by atoms with Crippen LogP contribution in [0.3, 0.4) is 0 Å². The Kier molecular flexibility index (Phi) is 10.4. The molecule has 0 radical (unpaired) electrons. The van der Waals surface area contributed by atoms with Crippen LogP contribution < -0.4 is 20.6 Å². The second kappa shape index (κ2) is 16.4. The maximum atomic E-state index is 14.0. The van der Waals surface area contributed by atoms with Crippen LogP contribution >= 0.6 is 22.7 Å². The van der Waals surface area contributed by atoms with Gasteiger partial charge in [-0.05, 0) is 83.8 Å². The summed E-state index contributed by atoms with van der Waals surface area (Å²) in [4.78, 5) is 68.4. The van der Waals surface area contributed by atoms with Crippen molar-refractivity contribution in [3.63, 3.8) is 0 Å². The average Bonchev–Trinajstić information content (AvgIpc) is 3.81. The highest BCUT2D eigenvalue weighted by Crippen LogP contribution is 2.36. The van der Waals surface area contributed by atoms with Crippen molar-refractivity contribution in [3.05, 3.63) is 138 Å². The van der Waals surface area contributed by atoms with E-state index in [4.69, 9.17) is 19.4 Å². The van der Waals surface area contributed by atoms with E-state index in [1.54, 1.807) is 44.1 Å². The maximum Gasteiger partial charge on any atom is 0.269 e. The normalized spacial score (nSPS) is 14.9. The molecule has 2 aliphatic heterocycles. The maximum absolute atomic E-state index is 14.0. The first kappa shape index (κ1) is 39.5. The number of aromatic nitrogens is 6. The molecule has 1 amide bonds. The number of ether oxygens (including phenoxy) is 2. The number of H-pyrrole nitrogens is 2. The number of nitrogens with one attached hydrogen (secondary N) is 2. The Bertz CT molecular complexity index is 3090. The van der Waals surface area contributed by atoms with Gasteiger partial charge < -0.3 is 29.4 Å². The van der Waals surface area contributed by atoms with Gasteiger partial charge in [-0.3, -0.25) is 29.3 Å². The number of nitrogens with zero attached hydrogens (tertiary/aromatic N) is 6. The fraction of sp³-hybridized carbons (Fsp3) is 0.239. The second-order valence-electron chi connectivity index (χ2n) is 15.3. The van der Waals surface area contributed by atoms with Crippen molar-refractivity contribution >= 4 is 49.0 Å². The Labute approximate surface area is 362 Å². The minimum atomic E-state index is -0.957. The largest absolute Gasteiger partial charge is 0.493 e.